The van der Waals surface area contributed by atoms with Gasteiger partial charge in [0.1, 0.15) is 0 Å². The zero-order valence-corrected chi connectivity index (χ0v) is 14.7. The maximum atomic E-state index is 12.1. The van der Waals surface area contributed by atoms with Crippen molar-refractivity contribution in [3.63, 3.8) is 0 Å². The molecule has 116 valence electrons. The van der Waals surface area contributed by atoms with Gasteiger partial charge >= 0.3 is 0 Å². The van der Waals surface area contributed by atoms with Crippen molar-refractivity contribution in [1.82, 2.24) is 0 Å². The van der Waals surface area contributed by atoms with Crippen LogP contribution in [0.2, 0.25) is 0 Å². The lowest BCUT2D eigenvalue weighted by molar-refractivity contribution is -0.115. The molecular formula is C18H21BrN2O. The van der Waals surface area contributed by atoms with Gasteiger partial charge in [-0.1, -0.05) is 34.1 Å². The first-order valence-electron chi connectivity index (χ1n) is 7.25. The summed E-state index contributed by atoms with van der Waals surface area (Å²) in [4.78, 5) is 12.1. The number of hydrogen-bond donors (Lipinski definition) is 2. The number of nitrogens with one attached hydrogen (secondary N) is 2. The highest BCUT2D eigenvalue weighted by Gasteiger charge is 2.10. The summed E-state index contributed by atoms with van der Waals surface area (Å²) in [5, 5.41) is 6.31. The normalized spacial score (nSPS) is 11.1. The van der Waals surface area contributed by atoms with Crippen LogP contribution in [0.5, 0.6) is 0 Å². The van der Waals surface area contributed by atoms with Gasteiger partial charge in [0.2, 0.25) is 5.91 Å². The molecule has 3 nitrogen and oxygen atoms in total. The van der Waals surface area contributed by atoms with Gasteiger partial charge in [-0.05, 0) is 56.7 Å². The molecule has 22 heavy (non-hydrogen) atoms. The summed E-state index contributed by atoms with van der Waals surface area (Å²) in [6, 6.07) is 15.5. The fraction of sp³-hybridized carbons (Fsp3) is 0.278. The molecule has 0 fully saturated rings. The highest BCUT2D eigenvalue weighted by Crippen LogP contribution is 2.19. The molecule has 0 heterocycles. The van der Waals surface area contributed by atoms with Crippen LogP contribution in [0.1, 0.15) is 26.3 Å². The lowest BCUT2D eigenvalue weighted by Crippen LogP contribution is -2.25. The van der Waals surface area contributed by atoms with Crippen molar-refractivity contribution in [2.24, 2.45) is 0 Å². The van der Waals surface area contributed by atoms with E-state index in [0.29, 0.717) is 6.42 Å². The number of halogens is 1. The molecule has 2 rings (SSSR count). The first-order chi connectivity index (χ1) is 10.3. The average Bonchev–Trinajstić information content (AvgIpc) is 2.42. The maximum Gasteiger partial charge on any atom is 0.228 e. The number of anilines is 2. The van der Waals surface area contributed by atoms with Gasteiger partial charge in [0, 0.05) is 21.4 Å². The molecule has 0 saturated heterocycles. The summed E-state index contributed by atoms with van der Waals surface area (Å²) in [6.45, 7) is 6.33. The van der Waals surface area contributed by atoms with Crippen molar-refractivity contribution in [2.75, 3.05) is 10.6 Å². The Morgan fingerprint density at radius 1 is 1.00 bits per heavy atom. The minimum atomic E-state index is -0.0246. The van der Waals surface area contributed by atoms with E-state index in [2.05, 4.69) is 47.3 Å². The zero-order valence-electron chi connectivity index (χ0n) is 13.1. The lowest BCUT2D eigenvalue weighted by atomic mass is 10.1. The molecule has 2 aromatic carbocycles. The summed E-state index contributed by atoms with van der Waals surface area (Å²) in [6.07, 6.45) is 0.351. The molecule has 0 atom stereocenters. The van der Waals surface area contributed by atoms with Crippen molar-refractivity contribution in [2.45, 2.75) is 32.7 Å². The number of hydrogen-bond acceptors (Lipinski definition) is 2. The highest BCUT2D eigenvalue weighted by atomic mass is 79.9. The largest absolute Gasteiger partial charge is 0.380 e. The fourth-order valence-corrected chi connectivity index (χ4v) is 2.51. The molecule has 0 bridgehead atoms. The molecule has 0 aliphatic rings. The molecule has 0 aromatic heterocycles. The summed E-state index contributed by atoms with van der Waals surface area (Å²) in [5.74, 6) is -0.0246. The quantitative estimate of drug-likeness (QED) is 0.818. The third-order valence-corrected chi connectivity index (χ3v) is 3.77. The Labute approximate surface area is 140 Å². The molecule has 0 spiro atoms. The Morgan fingerprint density at radius 3 is 2.18 bits per heavy atom. The van der Waals surface area contributed by atoms with Gasteiger partial charge in [-0.2, -0.15) is 0 Å². The van der Waals surface area contributed by atoms with Crippen LogP contribution in [0.25, 0.3) is 0 Å². The van der Waals surface area contributed by atoms with Gasteiger partial charge in [-0.15, -0.1) is 0 Å². The van der Waals surface area contributed by atoms with Gasteiger partial charge < -0.3 is 10.6 Å². The van der Waals surface area contributed by atoms with Crippen LogP contribution >= 0.6 is 15.9 Å². The zero-order chi connectivity index (χ0) is 16.2. The summed E-state index contributed by atoms with van der Waals surface area (Å²) >= 11 is 3.46. The number of carbonyl (C=O) groups excluding carboxylic acids is 1. The third kappa shape index (κ3) is 5.19. The van der Waals surface area contributed by atoms with Crippen molar-refractivity contribution in [3.8, 4) is 0 Å². The summed E-state index contributed by atoms with van der Waals surface area (Å²) in [5.41, 5.74) is 2.84. The second kappa shape index (κ2) is 6.97. The Kier molecular flexibility index (Phi) is 5.24. The van der Waals surface area contributed by atoms with Crippen molar-refractivity contribution >= 4 is 33.2 Å². The van der Waals surface area contributed by atoms with Crippen LogP contribution in [0, 0.1) is 0 Å². The van der Waals surface area contributed by atoms with Crippen LogP contribution < -0.4 is 10.6 Å². The van der Waals surface area contributed by atoms with E-state index in [4.69, 9.17) is 0 Å². The molecule has 0 aliphatic heterocycles. The summed E-state index contributed by atoms with van der Waals surface area (Å²) < 4.78 is 0.954. The van der Waals surface area contributed by atoms with E-state index >= 15 is 0 Å². The van der Waals surface area contributed by atoms with Crippen LogP contribution in [0.3, 0.4) is 0 Å². The molecular weight excluding hydrogens is 340 g/mol. The van der Waals surface area contributed by atoms with E-state index in [1.807, 2.05) is 48.5 Å². The summed E-state index contributed by atoms with van der Waals surface area (Å²) in [7, 11) is 0. The molecule has 0 radical (unpaired) electrons. The van der Waals surface area contributed by atoms with Crippen LogP contribution in [-0.4, -0.2) is 11.4 Å². The predicted octanol–water partition coefficient (Wildman–Crippen LogP) is 4.84. The van der Waals surface area contributed by atoms with Gasteiger partial charge in [0.25, 0.3) is 0 Å². The number of amides is 1. The Hall–Kier alpha value is -1.81. The number of benzene rings is 2. The van der Waals surface area contributed by atoms with E-state index in [0.717, 1.165) is 21.4 Å². The van der Waals surface area contributed by atoms with Crippen LogP contribution in [-0.2, 0) is 11.2 Å². The molecule has 0 unspecified atom stereocenters. The van der Waals surface area contributed by atoms with Crippen LogP contribution in [0.15, 0.2) is 53.0 Å². The monoisotopic (exact) mass is 360 g/mol. The third-order valence-electron chi connectivity index (χ3n) is 3.00. The van der Waals surface area contributed by atoms with E-state index in [1.54, 1.807) is 0 Å². The minimum absolute atomic E-state index is 0.0182. The smallest absolute Gasteiger partial charge is 0.228 e. The van der Waals surface area contributed by atoms with E-state index < -0.39 is 0 Å². The molecule has 2 N–H and O–H groups in total. The number of rotatable bonds is 4. The Bertz CT molecular complexity index is 645. The lowest BCUT2D eigenvalue weighted by Gasteiger charge is -2.22. The Balaban J connectivity index is 1.96. The molecule has 4 heteroatoms. The predicted molar refractivity (Wildman–Crippen MR) is 96.3 cm³/mol. The van der Waals surface area contributed by atoms with Gasteiger partial charge in [-0.25, -0.2) is 0 Å². The fourth-order valence-electron chi connectivity index (χ4n) is 2.09. The van der Waals surface area contributed by atoms with Gasteiger partial charge in [0.05, 0.1) is 6.42 Å². The average molecular weight is 361 g/mol. The maximum absolute atomic E-state index is 12.1. The van der Waals surface area contributed by atoms with Gasteiger partial charge in [0.15, 0.2) is 0 Å². The van der Waals surface area contributed by atoms with Crippen molar-refractivity contribution in [1.29, 1.82) is 0 Å². The SMILES string of the molecule is CC(C)(C)Nc1ccc(NC(=O)Cc2ccccc2Br)cc1. The van der Waals surface area contributed by atoms with E-state index in [9.17, 15) is 4.79 Å². The topological polar surface area (TPSA) is 41.1 Å². The highest BCUT2D eigenvalue weighted by molar-refractivity contribution is 9.10. The van der Waals surface area contributed by atoms with Crippen molar-refractivity contribution < 1.29 is 4.79 Å². The second-order valence-corrected chi connectivity index (χ2v) is 7.12. The molecule has 1 amide bonds. The van der Waals surface area contributed by atoms with Crippen molar-refractivity contribution in [3.05, 3.63) is 58.6 Å². The molecule has 2 aromatic rings. The molecule has 0 aliphatic carbocycles. The Morgan fingerprint density at radius 2 is 1.59 bits per heavy atom. The van der Waals surface area contributed by atoms with E-state index in [1.165, 1.54) is 0 Å². The standard InChI is InChI=1S/C18H21BrN2O/c1-18(2,3)21-15-10-8-14(9-11-15)20-17(22)12-13-6-4-5-7-16(13)19/h4-11,21H,12H2,1-3H3,(H,20,22). The number of carbonyl (C=O) groups is 1. The second-order valence-electron chi connectivity index (χ2n) is 6.27. The van der Waals surface area contributed by atoms with Gasteiger partial charge in [-0.3, -0.25) is 4.79 Å². The van der Waals surface area contributed by atoms with Crippen LogP contribution in [0.4, 0.5) is 11.4 Å². The first-order valence-corrected chi connectivity index (χ1v) is 8.04. The minimum Gasteiger partial charge on any atom is -0.380 e. The van der Waals surface area contributed by atoms with E-state index in [-0.39, 0.29) is 11.4 Å². The molecule has 0 saturated carbocycles. The first kappa shape index (κ1) is 16.6.